The molecule has 2 heteroatoms. The Morgan fingerprint density at radius 2 is 0.914 bits per heavy atom. The maximum Gasteiger partial charge on any atom is 0.0547 e. The maximum absolute atomic E-state index is 2.42. The summed E-state index contributed by atoms with van der Waals surface area (Å²) in [6.45, 7) is 0. The third kappa shape index (κ3) is 5.66. The zero-order chi connectivity index (χ0) is 38.4. The molecule has 272 valence electrons. The molecule has 0 aliphatic carbocycles. The van der Waals surface area contributed by atoms with Crippen LogP contribution in [-0.4, -0.2) is 4.57 Å². The summed E-state index contributed by atoms with van der Waals surface area (Å²) >= 11 is 0. The number of rotatable bonds is 7. The largest absolute Gasteiger partial charge is 0.310 e. The van der Waals surface area contributed by atoms with Crippen molar-refractivity contribution in [1.29, 1.82) is 0 Å². The lowest BCUT2D eigenvalue weighted by atomic mass is 9.94. The monoisotopic (exact) mass is 738 g/mol. The molecule has 0 saturated heterocycles. The van der Waals surface area contributed by atoms with Crippen molar-refractivity contribution in [1.82, 2.24) is 4.57 Å². The molecule has 58 heavy (non-hydrogen) atoms. The van der Waals surface area contributed by atoms with Gasteiger partial charge in [0, 0.05) is 33.4 Å². The van der Waals surface area contributed by atoms with Gasteiger partial charge >= 0.3 is 0 Å². The first-order valence-electron chi connectivity index (χ1n) is 19.9. The van der Waals surface area contributed by atoms with E-state index in [2.05, 4.69) is 240 Å². The van der Waals surface area contributed by atoms with Crippen molar-refractivity contribution in [2.45, 2.75) is 0 Å². The lowest BCUT2D eigenvalue weighted by Crippen LogP contribution is -2.11. The number of hydrogen-bond donors (Lipinski definition) is 0. The zero-order valence-corrected chi connectivity index (χ0v) is 31.8. The Labute approximate surface area is 338 Å². The molecule has 0 N–H and O–H groups in total. The topological polar surface area (TPSA) is 8.17 Å². The molecule has 1 heterocycles. The summed E-state index contributed by atoms with van der Waals surface area (Å²) in [5, 5.41) is 7.57. The van der Waals surface area contributed by atoms with Crippen LogP contribution >= 0.6 is 0 Å². The Bertz CT molecular complexity index is 3270. The highest BCUT2D eigenvalue weighted by molar-refractivity contribution is 6.16. The van der Waals surface area contributed by atoms with Gasteiger partial charge in [0.05, 0.1) is 16.7 Å². The SMILES string of the molecule is c1ccc(-c2ccccc2N(c2ccc(-c3cccc4c3ccc3ccccc34)cc2)c2cccc(-c3cccc4c3c3ccccc3n4-c3ccccc3)c2)cc1. The summed E-state index contributed by atoms with van der Waals surface area (Å²) < 4.78 is 2.39. The van der Waals surface area contributed by atoms with Crippen LogP contribution in [0, 0.1) is 0 Å². The van der Waals surface area contributed by atoms with Gasteiger partial charge in [-0.2, -0.15) is 0 Å². The van der Waals surface area contributed by atoms with Gasteiger partial charge in [0.2, 0.25) is 0 Å². The van der Waals surface area contributed by atoms with Gasteiger partial charge in [0.25, 0.3) is 0 Å². The van der Waals surface area contributed by atoms with Gasteiger partial charge in [-0.05, 0) is 104 Å². The molecule has 0 aliphatic heterocycles. The standard InChI is InChI=1S/C56H38N2/c1-3-16-39(17-4-1)48-24-9-11-29-53(48)57(44-35-32-41(33-36-44)47-26-14-28-50-46-23-8-7-18-40(46)34-37-51(47)50)45-22-13-19-42(38-45)49-27-15-31-55-56(49)52-25-10-12-30-54(52)58(55)43-20-5-2-6-21-43/h1-38H. The van der Waals surface area contributed by atoms with Crippen molar-refractivity contribution >= 4 is 60.4 Å². The van der Waals surface area contributed by atoms with Crippen molar-refractivity contribution in [2.24, 2.45) is 0 Å². The molecule has 0 bridgehead atoms. The van der Waals surface area contributed by atoms with Crippen LogP contribution in [0.25, 0.3) is 82.4 Å². The molecular formula is C56H38N2. The van der Waals surface area contributed by atoms with Crippen molar-refractivity contribution < 1.29 is 0 Å². The zero-order valence-electron chi connectivity index (χ0n) is 31.8. The van der Waals surface area contributed by atoms with Gasteiger partial charge in [-0.3, -0.25) is 0 Å². The highest BCUT2D eigenvalue weighted by Crippen LogP contribution is 2.44. The predicted molar refractivity (Wildman–Crippen MR) is 247 cm³/mol. The molecule has 10 aromatic carbocycles. The van der Waals surface area contributed by atoms with Crippen LogP contribution in [0.1, 0.15) is 0 Å². The number of para-hydroxylation sites is 3. The Morgan fingerprint density at radius 1 is 0.310 bits per heavy atom. The van der Waals surface area contributed by atoms with E-state index in [0.29, 0.717) is 0 Å². The van der Waals surface area contributed by atoms with Crippen molar-refractivity contribution in [3.63, 3.8) is 0 Å². The molecule has 2 nitrogen and oxygen atoms in total. The van der Waals surface area contributed by atoms with Crippen LogP contribution in [0.15, 0.2) is 231 Å². The molecule has 0 spiro atoms. The quantitative estimate of drug-likeness (QED) is 0.148. The summed E-state index contributed by atoms with van der Waals surface area (Å²) in [6.07, 6.45) is 0. The van der Waals surface area contributed by atoms with Crippen LogP contribution in [0.4, 0.5) is 17.1 Å². The number of anilines is 3. The van der Waals surface area contributed by atoms with Crippen LogP contribution in [0.3, 0.4) is 0 Å². The number of hydrogen-bond acceptors (Lipinski definition) is 1. The van der Waals surface area contributed by atoms with Crippen molar-refractivity contribution in [3.8, 4) is 39.1 Å². The first kappa shape index (κ1) is 33.6. The second-order valence-corrected chi connectivity index (χ2v) is 14.9. The average Bonchev–Trinajstić information content (AvgIpc) is 3.65. The van der Waals surface area contributed by atoms with E-state index >= 15 is 0 Å². The normalized spacial score (nSPS) is 11.4. The van der Waals surface area contributed by atoms with Gasteiger partial charge in [-0.15, -0.1) is 0 Å². The molecule has 0 saturated carbocycles. The minimum absolute atomic E-state index is 1.09. The highest BCUT2D eigenvalue weighted by Gasteiger charge is 2.20. The van der Waals surface area contributed by atoms with E-state index in [1.165, 1.54) is 76.7 Å². The first-order valence-corrected chi connectivity index (χ1v) is 19.9. The van der Waals surface area contributed by atoms with Crippen LogP contribution < -0.4 is 4.90 Å². The summed E-state index contributed by atoms with van der Waals surface area (Å²) in [7, 11) is 0. The second-order valence-electron chi connectivity index (χ2n) is 14.9. The van der Waals surface area contributed by atoms with Crippen molar-refractivity contribution in [2.75, 3.05) is 4.90 Å². The third-order valence-electron chi connectivity index (χ3n) is 11.6. The van der Waals surface area contributed by atoms with Gasteiger partial charge in [0.15, 0.2) is 0 Å². The molecular weight excluding hydrogens is 701 g/mol. The molecule has 0 amide bonds. The van der Waals surface area contributed by atoms with Gasteiger partial charge in [-0.25, -0.2) is 0 Å². The minimum Gasteiger partial charge on any atom is -0.310 e. The third-order valence-corrected chi connectivity index (χ3v) is 11.6. The van der Waals surface area contributed by atoms with Crippen LogP contribution in [-0.2, 0) is 0 Å². The molecule has 0 unspecified atom stereocenters. The lowest BCUT2D eigenvalue weighted by molar-refractivity contribution is 1.18. The molecule has 1 aromatic heterocycles. The summed E-state index contributed by atoms with van der Waals surface area (Å²) in [5.74, 6) is 0. The van der Waals surface area contributed by atoms with E-state index in [1.807, 2.05) is 0 Å². The lowest BCUT2D eigenvalue weighted by Gasteiger charge is -2.28. The van der Waals surface area contributed by atoms with E-state index in [9.17, 15) is 0 Å². The van der Waals surface area contributed by atoms with E-state index < -0.39 is 0 Å². The molecule has 0 atom stereocenters. The fourth-order valence-electron chi connectivity index (χ4n) is 8.97. The fraction of sp³-hybridized carbons (Fsp3) is 0. The minimum atomic E-state index is 1.09. The highest BCUT2D eigenvalue weighted by atomic mass is 15.1. The first-order chi connectivity index (χ1) is 28.8. The fourth-order valence-corrected chi connectivity index (χ4v) is 8.97. The van der Waals surface area contributed by atoms with Gasteiger partial charge < -0.3 is 9.47 Å². The number of nitrogens with zero attached hydrogens (tertiary/aromatic N) is 2. The maximum atomic E-state index is 2.42. The van der Waals surface area contributed by atoms with Gasteiger partial charge in [-0.1, -0.05) is 176 Å². The van der Waals surface area contributed by atoms with Crippen LogP contribution in [0.5, 0.6) is 0 Å². The second kappa shape index (κ2) is 14.1. The Balaban J connectivity index is 1.08. The number of aromatic nitrogens is 1. The number of benzene rings is 10. The van der Waals surface area contributed by atoms with E-state index in [4.69, 9.17) is 0 Å². The molecule has 11 aromatic rings. The molecule has 0 radical (unpaired) electrons. The smallest absolute Gasteiger partial charge is 0.0547 e. The van der Waals surface area contributed by atoms with Gasteiger partial charge in [0.1, 0.15) is 0 Å². The summed E-state index contributed by atoms with van der Waals surface area (Å²) in [6, 6.07) is 83.6. The molecule has 0 aliphatic rings. The Morgan fingerprint density at radius 3 is 1.78 bits per heavy atom. The summed E-state index contributed by atoms with van der Waals surface area (Å²) in [4.78, 5) is 2.42. The average molecular weight is 739 g/mol. The van der Waals surface area contributed by atoms with E-state index in [0.717, 1.165) is 22.7 Å². The van der Waals surface area contributed by atoms with Crippen molar-refractivity contribution in [3.05, 3.63) is 231 Å². The Hall–Kier alpha value is -7.68. The van der Waals surface area contributed by atoms with E-state index in [1.54, 1.807) is 0 Å². The summed E-state index contributed by atoms with van der Waals surface area (Å²) in [5.41, 5.74) is 14.0. The Kier molecular flexibility index (Phi) is 8.19. The predicted octanol–water partition coefficient (Wildman–Crippen LogP) is 15.6. The van der Waals surface area contributed by atoms with E-state index in [-0.39, 0.29) is 0 Å². The van der Waals surface area contributed by atoms with Crippen LogP contribution in [0.2, 0.25) is 0 Å². The number of fused-ring (bicyclic) bond motifs is 6. The molecule has 0 fully saturated rings. The molecule has 11 rings (SSSR count).